The molecule has 158 valence electrons. The molecular formula is C26H26N2O3. The van der Waals surface area contributed by atoms with Crippen LogP contribution in [0.1, 0.15) is 29.0 Å². The lowest BCUT2D eigenvalue weighted by Gasteiger charge is -2.14. The molecule has 0 saturated heterocycles. The number of hydrogen-bond donors (Lipinski definition) is 2. The minimum Gasteiger partial charge on any atom is -0.496 e. The maximum absolute atomic E-state index is 12.2. The van der Waals surface area contributed by atoms with Crippen LogP contribution in [0, 0.1) is 0 Å². The minimum atomic E-state index is -0.402. The van der Waals surface area contributed by atoms with Crippen molar-refractivity contribution in [1.29, 1.82) is 0 Å². The summed E-state index contributed by atoms with van der Waals surface area (Å²) in [5.41, 5.74) is 12.2. The standard InChI is InChI=1S/C26H26N2O3/c1-30-25-16-19(27)14-13-18(25)8-6-7-15-28-26(29)31-17-24-22-11-4-2-9-20(22)21-10-3-5-12-23(21)24/h2-6,8-14,16,24H,7,15,17,27H2,1H3,(H,28,29). The van der Waals surface area contributed by atoms with E-state index in [-0.39, 0.29) is 5.92 Å². The van der Waals surface area contributed by atoms with Crippen molar-refractivity contribution in [1.82, 2.24) is 5.32 Å². The second kappa shape index (κ2) is 9.39. The van der Waals surface area contributed by atoms with Gasteiger partial charge in [0.05, 0.1) is 7.11 Å². The van der Waals surface area contributed by atoms with Gasteiger partial charge in [-0.3, -0.25) is 0 Å². The summed E-state index contributed by atoms with van der Waals surface area (Å²) in [6.45, 7) is 0.808. The highest BCUT2D eigenvalue weighted by atomic mass is 16.5. The molecule has 1 aliphatic rings. The molecular weight excluding hydrogens is 388 g/mol. The molecule has 1 aliphatic carbocycles. The highest BCUT2D eigenvalue weighted by Crippen LogP contribution is 2.44. The molecule has 4 rings (SSSR count). The third-order valence-corrected chi connectivity index (χ3v) is 5.48. The van der Waals surface area contributed by atoms with Gasteiger partial charge in [-0.15, -0.1) is 0 Å². The van der Waals surface area contributed by atoms with Crippen LogP contribution in [0.15, 0.2) is 72.8 Å². The van der Waals surface area contributed by atoms with Gasteiger partial charge in [-0.25, -0.2) is 4.79 Å². The first-order valence-electron chi connectivity index (χ1n) is 10.4. The summed E-state index contributed by atoms with van der Waals surface area (Å²) >= 11 is 0. The number of benzene rings is 3. The van der Waals surface area contributed by atoms with Gasteiger partial charge in [0.25, 0.3) is 0 Å². The van der Waals surface area contributed by atoms with E-state index in [9.17, 15) is 4.79 Å². The molecule has 0 saturated carbocycles. The lowest BCUT2D eigenvalue weighted by atomic mass is 9.98. The number of hydrogen-bond acceptors (Lipinski definition) is 4. The lowest BCUT2D eigenvalue weighted by Crippen LogP contribution is -2.26. The highest BCUT2D eigenvalue weighted by molar-refractivity contribution is 5.79. The van der Waals surface area contributed by atoms with E-state index >= 15 is 0 Å². The smallest absolute Gasteiger partial charge is 0.407 e. The van der Waals surface area contributed by atoms with Gasteiger partial charge in [-0.05, 0) is 40.8 Å². The van der Waals surface area contributed by atoms with Gasteiger partial charge in [0, 0.05) is 29.8 Å². The molecule has 0 fully saturated rings. The topological polar surface area (TPSA) is 73.6 Å². The Morgan fingerprint density at radius 1 is 1.03 bits per heavy atom. The Morgan fingerprint density at radius 3 is 2.39 bits per heavy atom. The number of carbonyl (C=O) groups excluding carboxylic acids is 1. The largest absolute Gasteiger partial charge is 0.496 e. The summed E-state index contributed by atoms with van der Waals surface area (Å²) in [7, 11) is 1.62. The van der Waals surface area contributed by atoms with Gasteiger partial charge in [0.15, 0.2) is 0 Å². The molecule has 0 spiro atoms. The number of methoxy groups -OCH3 is 1. The van der Waals surface area contributed by atoms with Crippen LogP contribution < -0.4 is 15.8 Å². The van der Waals surface area contributed by atoms with E-state index in [1.165, 1.54) is 22.3 Å². The zero-order chi connectivity index (χ0) is 21.6. The van der Waals surface area contributed by atoms with Gasteiger partial charge < -0.3 is 20.5 Å². The number of nitrogen functional groups attached to an aromatic ring is 1. The number of anilines is 1. The predicted octanol–water partition coefficient (Wildman–Crippen LogP) is 5.22. The maximum Gasteiger partial charge on any atom is 0.407 e. The number of carbonyl (C=O) groups is 1. The highest BCUT2D eigenvalue weighted by Gasteiger charge is 2.28. The van der Waals surface area contributed by atoms with Crippen molar-refractivity contribution in [3.05, 3.63) is 89.5 Å². The number of ether oxygens (including phenoxy) is 2. The molecule has 3 N–H and O–H groups in total. The summed E-state index contributed by atoms with van der Waals surface area (Å²) < 4.78 is 10.9. The van der Waals surface area contributed by atoms with Crippen LogP contribution >= 0.6 is 0 Å². The first-order valence-corrected chi connectivity index (χ1v) is 10.4. The second-order valence-electron chi connectivity index (χ2n) is 7.44. The number of nitrogens with two attached hydrogens (primary N) is 1. The Kier molecular flexibility index (Phi) is 6.22. The molecule has 5 nitrogen and oxygen atoms in total. The van der Waals surface area contributed by atoms with Crippen molar-refractivity contribution in [2.24, 2.45) is 0 Å². The van der Waals surface area contributed by atoms with E-state index in [0.717, 1.165) is 11.3 Å². The Morgan fingerprint density at radius 2 is 1.71 bits per heavy atom. The van der Waals surface area contributed by atoms with E-state index in [1.807, 2.05) is 48.6 Å². The maximum atomic E-state index is 12.2. The molecule has 0 radical (unpaired) electrons. The van der Waals surface area contributed by atoms with Crippen molar-refractivity contribution in [3.8, 4) is 16.9 Å². The van der Waals surface area contributed by atoms with Crippen molar-refractivity contribution >= 4 is 17.9 Å². The monoisotopic (exact) mass is 414 g/mol. The van der Waals surface area contributed by atoms with E-state index in [4.69, 9.17) is 15.2 Å². The van der Waals surface area contributed by atoms with Crippen LogP contribution in [0.3, 0.4) is 0 Å². The van der Waals surface area contributed by atoms with Gasteiger partial charge in [-0.2, -0.15) is 0 Å². The normalized spacial score (nSPS) is 12.4. The van der Waals surface area contributed by atoms with E-state index in [1.54, 1.807) is 13.2 Å². The number of alkyl carbamates (subject to hydrolysis) is 1. The number of nitrogens with one attached hydrogen (secondary N) is 1. The fourth-order valence-corrected chi connectivity index (χ4v) is 3.98. The average molecular weight is 415 g/mol. The van der Waals surface area contributed by atoms with Crippen LogP contribution in [0.2, 0.25) is 0 Å². The molecule has 0 aromatic heterocycles. The van der Waals surface area contributed by atoms with Crippen LogP contribution in [0.4, 0.5) is 10.5 Å². The third-order valence-electron chi connectivity index (χ3n) is 5.48. The quantitative estimate of drug-likeness (QED) is 0.411. The van der Waals surface area contributed by atoms with Crippen LogP contribution in [-0.2, 0) is 4.74 Å². The molecule has 3 aromatic carbocycles. The van der Waals surface area contributed by atoms with Gasteiger partial charge >= 0.3 is 6.09 Å². The molecule has 0 atom stereocenters. The summed E-state index contributed by atoms with van der Waals surface area (Å²) in [6, 6.07) is 22.1. The Labute approximate surface area is 182 Å². The average Bonchev–Trinajstić information content (AvgIpc) is 3.12. The molecule has 0 heterocycles. The van der Waals surface area contributed by atoms with E-state index in [0.29, 0.717) is 25.3 Å². The van der Waals surface area contributed by atoms with Gasteiger partial charge in [0.2, 0.25) is 0 Å². The molecule has 1 amide bonds. The van der Waals surface area contributed by atoms with Gasteiger partial charge in [0.1, 0.15) is 12.4 Å². The van der Waals surface area contributed by atoms with Gasteiger partial charge in [-0.1, -0.05) is 60.7 Å². The van der Waals surface area contributed by atoms with Crippen LogP contribution in [-0.4, -0.2) is 26.4 Å². The summed E-state index contributed by atoms with van der Waals surface area (Å²) in [6.07, 6.45) is 4.22. The fourth-order valence-electron chi connectivity index (χ4n) is 3.98. The molecule has 31 heavy (non-hydrogen) atoms. The van der Waals surface area contributed by atoms with Crippen molar-refractivity contribution < 1.29 is 14.3 Å². The van der Waals surface area contributed by atoms with E-state index in [2.05, 4.69) is 29.6 Å². The van der Waals surface area contributed by atoms with E-state index < -0.39 is 6.09 Å². The summed E-state index contributed by atoms with van der Waals surface area (Å²) in [5, 5.41) is 2.81. The minimum absolute atomic E-state index is 0.0658. The Hall–Kier alpha value is -3.73. The van der Waals surface area contributed by atoms with Crippen molar-refractivity contribution in [3.63, 3.8) is 0 Å². The zero-order valence-electron chi connectivity index (χ0n) is 17.5. The van der Waals surface area contributed by atoms with Crippen LogP contribution in [0.25, 0.3) is 17.2 Å². The molecule has 0 unspecified atom stereocenters. The summed E-state index contributed by atoms with van der Waals surface area (Å²) in [4.78, 5) is 12.2. The number of amides is 1. The third kappa shape index (κ3) is 4.56. The Balaban J connectivity index is 1.28. The van der Waals surface area contributed by atoms with Crippen molar-refractivity contribution in [2.75, 3.05) is 26.0 Å². The first-order chi connectivity index (χ1) is 15.2. The number of rotatable bonds is 7. The zero-order valence-corrected chi connectivity index (χ0v) is 17.5. The SMILES string of the molecule is COc1cc(N)ccc1C=CCCNC(=O)OCC1c2ccccc2-c2ccccc21. The fraction of sp³-hybridized carbons (Fsp3) is 0.192. The molecule has 3 aromatic rings. The predicted molar refractivity (Wildman–Crippen MR) is 124 cm³/mol. The number of fused-ring (bicyclic) bond motifs is 3. The Bertz CT molecular complexity index is 1060. The second-order valence-corrected chi connectivity index (χ2v) is 7.44. The summed E-state index contributed by atoms with van der Waals surface area (Å²) in [5.74, 6) is 0.789. The van der Waals surface area contributed by atoms with Crippen LogP contribution in [0.5, 0.6) is 5.75 Å². The molecule has 0 bridgehead atoms. The van der Waals surface area contributed by atoms with Crippen molar-refractivity contribution in [2.45, 2.75) is 12.3 Å². The molecule has 0 aliphatic heterocycles. The first kappa shape index (κ1) is 20.5. The molecule has 5 heteroatoms. The lowest BCUT2D eigenvalue weighted by molar-refractivity contribution is 0.143.